The molecule has 1 amide bonds. The molecule has 17 heavy (non-hydrogen) atoms. The molecule has 1 aliphatic heterocycles. The first-order chi connectivity index (χ1) is 8.08. The van der Waals surface area contributed by atoms with Gasteiger partial charge in [-0.05, 0) is 33.1 Å². The van der Waals surface area contributed by atoms with Gasteiger partial charge in [-0.25, -0.2) is 0 Å². The Morgan fingerprint density at radius 3 is 2.82 bits per heavy atom. The summed E-state index contributed by atoms with van der Waals surface area (Å²) in [5.74, 6) is 0.439. The van der Waals surface area contributed by atoms with Gasteiger partial charge in [0, 0.05) is 18.5 Å². The predicted octanol–water partition coefficient (Wildman–Crippen LogP) is 1.14. The molecule has 98 valence electrons. The summed E-state index contributed by atoms with van der Waals surface area (Å²) < 4.78 is 5.56. The smallest absolute Gasteiger partial charge is 0.226 e. The van der Waals surface area contributed by atoms with Crippen molar-refractivity contribution in [1.29, 1.82) is 0 Å². The molecule has 4 nitrogen and oxygen atoms in total. The number of rotatable bonds is 1. The van der Waals surface area contributed by atoms with Crippen LogP contribution in [0.25, 0.3) is 0 Å². The molecule has 0 aromatic rings. The summed E-state index contributed by atoms with van der Waals surface area (Å²) >= 11 is 0. The van der Waals surface area contributed by atoms with Crippen molar-refractivity contribution in [2.45, 2.75) is 57.7 Å². The van der Waals surface area contributed by atoms with E-state index in [1.165, 1.54) is 0 Å². The largest absolute Gasteiger partial charge is 0.375 e. The van der Waals surface area contributed by atoms with E-state index in [0.29, 0.717) is 12.5 Å². The Kier molecular flexibility index (Phi) is 4.05. The molecule has 0 spiro atoms. The summed E-state index contributed by atoms with van der Waals surface area (Å²) in [6.07, 6.45) is 4.18. The van der Waals surface area contributed by atoms with Crippen molar-refractivity contribution < 1.29 is 9.53 Å². The van der Waals surface area contributed by atoms with Crippen molar-refractivity contribution in [2.24, 2.45) is 11.7 Å². The summed E-state index contributed by atoms with van der Waals surface area (Å²) in [6.45, 7) is 5.47. The summed E-state index contributed by atoms with van der Waals surface area (Å²) in [4.78, 5) is 14.5. The van der Waals surface area contributed by atoms with Gasteiger partial charge in [0.05, 0.1) is 18.8 Å². The molecule has 0 aromatic heterocycles. The Balaban J connectivity index is 1.97. The van der Waals surface area contributed by atoms with Crippen molar-refractivity contribution in [3.05, 3.63) is 0 Å². The number of carbonyl (C=O) groups excluding carboxylic acids is 1. The molecule has 1 aliphatic carbocycles. The number of ether oxygens (including phenoxy) is 1. The summed E-state index contributed by atoms with van der Waals surface area (Å²) in [6, 6.07) is 0.420. The van der Waals surface area contributed by atoms with E-state index in [2.05, 4.69) is 6.92 Å². The zero-order valence-corrected chi connectivity index (χ0v) is 10.9. The van der Waals surface area contributed by atoms with Crippen LogP contribution in [-0.2, 0) is 9.53 Å². The van der Waals surface area contributed by atoms with Crippen LogP contribution in [0.15, 0.2) is 0 Å². The number of hydrogen-bond acceptors (Lipinski definition) is 3. The van der Waals surface area contributed by atoms with E-state index in [4.69, 9.17) is 10.5 Å². The summed E-state index contributed by atoms with van der Waals surface area (Å²) in [5, 5.41) is 0. The first-order valence-electron chi connectivity index (χ1n) is 6.75. The molecule has 4 heteroatoms. The Hall–Kier alpha value is -0.610. The monoisotopic (exact) mass is 240 g/mol. The fraction of sp³-hybridized carbons (Fsp3) is 0.923. The lowest BCUT2D eigenvalue weighted by Crippen LogP contribution is -2.53. The highest BCUT2D eigenvalue weighted by atomic mass is 16.5. The van der Waals surface area contributed by atoms with Crippen molar-refractivity contribution in [3.8, 4) is 0 Å². The normalized spacial score (nSPS) is 39.1. The molecule has 0 aromatic carbocycles. The minimum absolute atomic E-state index is 0.145. The van der Waals surface area contributed by atoms with E-state index in [0.717, 1.165) is 32.2 Å². The van der Waals surface area contributed by atoms with E-state index >= 15 is 0 Å². The summed E-state index contributed by atoms with van der Waals surface area (Å²) in [7, 11) is 0. The quantitative estimate of drug-likeness (QED) is 0.748. The highest BCUT2D eigenvalue weighted by Gasteiger charge is 2.33. The van der Waals surface area contributed by atoms with Crippen LogP contribution in [-0.4, -0.2) is 42.1 Å². The molecule has 0 bridgehead atoms. The van der Waals surface area contributed by atoms with E-state index in [1.807, 2.05) is 11.8 Å². The Labute approximate surface area is 103 Å². The minimum atomic E-state index is 0.145. The van der Waals surface area contributed by atoms with E-state index in [9.17, 15) is 4.79 Å². The van der Waals surface area contributed by atoms with Gasteiger partial charge in [0.1, 0.15) is 0 Å². The van der Waals surface area contributed by atoms with Crippen molar-refractivity contribution >= 4 is 5.91 Å². The van der Waals surface area contributed by atoms with Crippen LogP contribution >= 0.6 is 0 Å². The molecule has 1 saturated carbocycles. The molecule has 2 aliphatic rings. The average molecular weight is 240 g/mol. The van der Waals surface area contributed by atoms with E-state index < -0.39 is 0 Å². The van der Waals surface area contributed by atoms with Crippen LogP contribution in [0.5, 0.6) is 0 Å². The molecule has 0 unspecified atom stereocenters. The molecule has 2 N–H and O–H groups in total. The fourth-order valence-electron chi connectivity index (χ4n) is 2.90. The van der Waals surface area contributed by atoms with Gasteiger partial charge >= 0.3 is 0 Å². The first-order valence-corrected chi connectivity index (χ1v) is 6.75. The van der Waals surface area contributed by atoms with E-state index in [1.54, 1.807) is 0 Å². The fourth-order valence-corrected chi connectivity index (χ4v) is 2.90. The molecule has 2 rings (SSSR count). The first kappa shape index (κ1) is 12.8. The molecule has 1 heterocycles. The lowest BCUT2D eigenvalue weighted by molar-refractivity contribution is -0.148. The highest BCUT2D eigenvalue weighted by Crippen LogP contribution is 2.26. The van der Waals surface area contributed by atoms with Gasteiger partial charge in [0.25, 0.3) is 0 Å². The van der Waals surface area contributed by atoms with Gasteiger partial charge in [-0.2, -0.15) is 0 Å². The van der Waals surface area contributed by atoms with Crippen molar-refractivity contribution in [1.82, 2.24) is 4.90 Å². The van der Waals surface area contributed by atoms with E-state index in [-0.39, 0.29) is 24.1 Å². The lowest BCUT2D eigenvalue weighted by atomic mass is 9.85. The third-order valence-electron chi connectivity index (χ3n) is 3.95. The molecule has 0 radical (unpaired) electrons. The van der Waals surface area contributed by atoms with Crippen LogP contribution in [0.2, 0.25) is 0 Å². The molecular formula is C13H24N2O2. The van der Waals surface area contributed by atoms with Gasteiger partial charge in [0.2, 0.25) is 5.91 Å². The molecule has 2 fully saturated rings. The van der Waals surface area contributed by atoms with Gasteiger partial charge in [-0.3, -0.25) is 4.79 Å². The molecule has 4 atom stereocenters. The number of nitrogens with two attached hydrogens (primary N) is 1. The van der Waals surface area contributed by atoms with Crippen LogP contribution in [0.1, 0.15) is 39.5 Å². The number of hydrogen-bond donors (Lipinski definition) is 1. The second kappa shape index (κ2) is 5.36. The maximum Gasteiger partial charge on any atom is 0.226 e. The van der Waals surface area contributed by atoms with Gasteiger partial charge in [-0.15, -0.1) is 0 Å². The average Bonchev–Trinajstić information content (AvgIpc) is 2.31. The molecular weight excluding hydrogens is 216 g/mol. The minimum Gasteiger partial charge on any atom is -0.375 e. The lowest BCUT2D eigenvalue weighted by Gasteiger charge is -2.40. The summed E-state index contributed by atoms with van der Waals surface area (Å²) in [5.41, 5.74) is 5.96. The molecule has 1 saturated heterocycles. The maximum absolute atomic E-state index is 12.5. The number of carbonyl (C=O) groups is 1. The van der Waals surface area contributed by atoms with Crippen molar-refractivity contribution in [2.75, 3.05) is 13.2 Å². The van der Waals surface area contributed by atoms with Crippen LogP contribution < -0.4 is 5.73 Å². The van der Waals surface area contributed by atoms with Gasteiger partial charge in [-0.1, -0.05) is 6.42 Å². The van der Waals surface area contributed by atoms with Gasteiger partial charge < -0.3 is 15.4 Å². The highest BCUT2D eigenvalue weighted by molar-refractivity contribution is 5.79. The predicted molar refractivity (Wildman–Crippen MR) is 66.5 cm³/mol. The second-order valence-corrected chi connectivity index (χ2v) is 5.61. The zero-order chi connectivity index (χ0) is 12.4. The van der Waals surface area contributed by atoms with Crippen LogP contribution in [0.3, 0.4) is 0 Å². The standard InChI is InChI=1S/C13H24N2O2/c1-9-8-17-10(2)7-15(9)13(16)11-4-3-5-12(14)6-11/h9-12H,3-8,14H2,1-2H3/t9-,10+,11+,12-/m0/s1. The van der Waals surface area contributed by atoms with Crippen LogP contribution in [0, 0.1) is 5.92 Å². The maximum atomic E-state index is 12.5. The Bertz CT molecular complexity index is 283. The Morgan fingerprint density at radius 2 is 2.12 bits per heavy atom. The van der Waals surface area contributed by atoms with Crippen molar-refractivity contribution in [3.63, 3.8) is 0 Å². The van der Waals surface area contributed by atoms with Crippen LogP contribution in [0.4, 0.5) is 0 Å². The third-order valence-corrected chi connectivity index (χ3v) is 3.95. The number of amides is 1. The Morgan fingerprint density at radius 1 is 1.35 bits per heavy atom. The topological polar surface area (TPSA) is 55.6 Å². The SMILES string of the molecule is C[C@@H]1CN(C(=O)[C@@H]2CCC[C@H](N)C2)[C@@H](C)CO1. The number of morpholine rings is 1. The number of nitrogens with zero attached hydrogens (tertiary/aromatic N) is 1. The zero-order valence-electron chi connectivity index (χ0n) is 10.9. The second-order valence-electron chi connectivity index (χ2n) is 5.61. The van der Waals surface area contributed by atoms with Gasteiger partial charge in [0.15, 0.2) is 0 Å². The third kappa shape index (κ3) is 2.99.